The summed E-state index contributed by atoms with van der Waals surface area (Å²) in [6, 6.07) is 11.9. The molecule has 0 radical (unpaired) electrons. The number of H-pyrrole nitrogens is 1. The molecule has 274 valence electrons. The number of fused-ring (bicyclic) bond motifs is 1. The van der Waals surface area contributed by atoms with E-state index in [1.165, 1.54) is 7.11 Å². The molecule has 2 saturated heterocycles. The van der Waals surface area contributed by atoms with Crippen molar-refractivity contribution in [2.24, 2.45) is 22.7 Å². The van der Waals surface area contributed by atoms with Crippen molar-refractivity contribution in [3.63, 3.8) is 0 Å². The van der Waals surface area contributed by atoms with Gasteiger partial charge >= 0.3 is 6.09 Å². The van der Waals surface area contributed by atoms with Crippen LogP contribution in [0.15, 0.2) is 53.8 Å². The summed E-state index contributed by atoms with van der Waals surface area (Å²) in [6.45, 7) is 11.7. The second-order valence-corrected chi connectivity index (χ2v) is 14.7. The van der Waals surface area contributed by atoms with E-state index >= 15 is 0 Å². The van der Waals surface area contributed by atoms with Crippen LogP contribution in [0.4, 0.5) is 4.79 Å². The van der Waals surface area contributed by atoms with E-state index in [0.717, 1.165) is 89.8 Å². The Balaban J connectivity index is 1.10. The van der Waals surface area contributed by atoms with E-state index in [-0.39, 0.29) is 35.7 Å². The van der Waals surface area contributed by atoms with Crippen molar-refractivity contribution in [3.8, 4) is 11.8 Å². The number of allylic oxidation sites excluding steroid dienone is 1. The molecule has 3 amide bonds. The van der Waals surface area contributed by atoms with Crippen LogP contribution < -0.4 is 5.32 Å². The topological polar surface area (TPSA) is 120 Å². The smallest absolute Gasteiger partial charge is 0.407 e. The Morgan fingerprint density at radius 1 is 0.923 bits per heavy atom. The number of nitrogens with one attached hydrogen (secondary N) is 2. The first-order valence-electron chi connectivity index (χ1n) is 18.9. The minimum absolute atomic E-state index is 0.00343. The standard InChI is InChI=1S/C42H52N6O4/c1-7-26(3)28(5)40(49)48-20-10-12-37(48)39-44-25-34(45-39)18-14-29-13-15-31-22-32(17-16-30(31)21-29)33-23-35(43-24-33)36-11-9-19-47(36)41(50)38(27(4)8-2)46-42(51)52-6/h13,15-17,21-22,24-28,36-38H,7-12,19-20,23H2,1-6H3,(H,44,45)(H,46,51)/t26-,27-,28-,36-,37-,38-/m0/s1. The molecule has 2 fully saturated rings. The van der Waals surface area contributed by atoms with Crippen molar-refractivity contribution in [2.45, 2.75) is 97.7 Å². The lowest BCUT2D eigenvalue weighted by molar-refractivity contribution is -0.137. The maximum atomic E-state index is 13.7. The van der Waals surface area contributed by atoms with Gasteiger partial charge in [-0.3, -0.25) is 14.6 Å². The van der Waals surface area contributed by atoms with Crippen molar-refractivity contribution in [1.29, 1.82) is 0 Å². The van der Waals surface area contributed by atoms with Crippen molar-refractivity contribution >= 4 is 40.0 Å². The number of carbonyl (C=O) groups is 3. The van der Waals surface area contributed by atoms with Crippen molar-refractivity contribution in [2.75, 3.05) is 20.2 Å². The first-order chi connectivity index (χ1) is 25.1. The number of aliphatic imine (C=N–C) groups is 1. The largest absolute Gasteiger partial charge is 0.453 e. The number of imidazole rings is 1. The Kier molecular flexibility index (Phi) is 11.5. The molecule has 0 saturated carbocycles. The van der Waals surface area contributed by atoms with Gasteiger partial charge in [-0.15, -0.1) is 0 Å². The number of hydrogen-bond donors (Lipinski definition) is 2. The SMILES string of the molecule is CC[C@H](C)[C@H](C)C(=O)N1CCC[C@H]1c1ncc(C#Cc2ccc3cc(C4=CN=C([C@@H]5CCCN5C(=O)[C@@H](NC(=O)OC)[C@@H](C)CC)C4)ccc3c2)[nH]1. The van der Waals surface area contributed by atoms with Crippen LogP contribution >= 0.6 is 0 Å². The number of nitrogens with zero attached hydrogens (tertiary/aromatic N) is 4. The van der Waals surface area contributed by atoms with Crippen LogP contribution in [-0.2, 0) is 14.3 Å². The van der Waals surface area contributed by atoms with Gasteiger partial charge in [0.2, 0.25) is 11.8 Å². The number of amides is 3. The van der Waals surface area contributed by atoms with E-state index < -0.39 is 12.1 Å². The molecular weight excluding hydrogens is 652 g/mol. The summed E-state index contributed by atoms with van der Waals surface area (Å²) in [5, 5.41) is 4.98. The van der Waals surface area contributed by atoms with Gasteiger partial charge in [-0.05, 0) is 83.5 Å². The predicted molar refractivity (Wildman–Crippen MR) is 204 cm³/mol. The number of methoxy groups -OCH3 is 1. The molecule has 1 aromatic heterocycles. The summed E-state index contributed by atoms with van der Waals surface area (Å²) in [6.07, 6.45) is 9.17. The molecule has 2 aromatic carbocycles. The number of rotatable bonds is 10. The molecule has 6 rings (SSSR count). The van der Waals surface area contributed by atoms with Gasteiger partial charge in [0.15, 0.2) is 0 Å². The minimum atomic E-state index is -0.637. The van der Waals surface area contributed by atoms with E-state index in [9.17, 15) is 14.4 Å². The molecule has 0 bridgehead atoms. The van der Waals surface area contributed by atoms with E-state index in [1.54, 1.807) is 6.20 Å². The van der Waals surface area contributed by atoms with Gasteiger partial charge < -0.3 is 24.8 Å². The molecule has 0 aliphatic carbocycles. The quantitative estimate of drug-likeness (QED) is 0.216. The lowest BCUT2D eigenvalue weighted by Crippen LogP contribution is -2.54. The van der Waals surface area contributed by atoms with Gasteiger partial charge in [0, 0.05) is 42.9 Å². The molecule has 3 aliphatic heterocycles. The normalized spacial score (nSPS) is 20.8. The number of benzene rings is 2. The molecular formula is C42H52N6O4. The Bertz CT molecular complexity index is 1930. The van der Waals surface area contributed by atoms with Gasteiger partial charge in [0.05, 0.1) is 25.4 Å². The van der Waals surface area contributed by atoms with E-state index in [4.69, 9.17) is 9.73 Å². The fourth-order valence-corrected chi connectivity index (χ4v) is 7.66. The van der Waals surface area contributed by atoms with Crippen LogP contribution in [0.5, 0.6) is 0 Å². The van der Waals surface area contributed by atoms with E-state index in [2.05, 4.69) is 71.3 Å². The first kappa shape index (κ1) is 36.9. The maximum Gasteiger partial charge on any atom is 0.407 e. The fourth-order valence-electron chi connectivity index (χ4n) is 7.66. The Hall–Kier alpha value is -4.91. The van der Waals surface area contributed by atoms with Crippen LogP contribution in [0.25, 0.3) is 16.3 Å². The molecule has 2 N–H and O–H groups in total. The molecule has 10 nitrogen and oxygen atoms in total. The average molecular weight is 705 g/mol. The van der Waals surface area contributed by atoms with Crippen molar-refractivity contribution in [1.82, 2.24) is 25.1 Å². The molecule has 4 heterocycles. The van der Waals surface area contributed by atoms with Gasteiger partial charge in [-0.2, -0.15) is 0 Å². The van der Waals surface area contributed by atoms with Gasteiger partial charge in [0.25, 0.3) is 0 Å². The van der Waals surface area contributed by atoms with Crippen LogP contribution in [0.1, 0.15) is 108 Å². The third-order valence-electron chi connectivity index (χ3n) is 11.5. The summed E-state index contributed by atoms with van der Waals surface area (Å²) in [5.74, 6) is 7.80. The molecule has 3 aromatic rings. The van der Waals surface area contributed by atoms with E-state index in [0.29, 0.717) is 18.9 Å². The molecule has 3 aliphatic rings. The van der Waals surface area contributed by atoms with Gasteiger partial charge in [-0.1, -0.05) is 71.6 Å². The monoisotopic (exact) mass is 704 g/mol. The minimum Gasteiger partial charge on any atom is -0.453 e. The number of ether oxygens (including phenoxy) is 1. The first-order valence-corrected chi connectivity index (χ1v) is 18.9. The third kappa shape index (κ3) is 7.79. The Morgan fingerprint density at radius 2 is 1.62 bits per heavy atom. The molecule has 52 heavy (non-hydrogen) atoms. The third-order valence-corrected chi connectivity index (χ3v) is 11.5. The summed E-state index contributed by atoms with van der Waals surface area (Å²) < 4.78 is 4.81. The van der Waals surface area contributed by atoms with Crippen LogP contribution in [0.3, 0.4) is 0 Å². The highest BCUT2D eigenvalue weighted by atomic mass is 16.5. The Morgan fingerprint density at radius 3 is 2.35 bits per heavy atom. The van der Waals surface area contributed by atoms with Gasteiger partial charge in [-0.25, -0.2) is 9.78 Å². The summed E-state index contributed by atoms with van der Waals surface area (Å²) in [4.78, 5) is 55.8. The Labute approximate surface area is 307 Å². The van der Waals surface area contributed by atoms with Crippen molar-refractivity contribution < 1.29 is 19.1 Å². The lowest BCUT2D eigenvalue weighted by atomic mass is 9.92. The van der Waals surface area contributed by atoms with Crippen LogP contribution in [-0.4, -0.2) is 75.7 Å². The zero-order valence-corrected chi connectivity index (χ0v) is 31.4. The maximum absolute atomic E-state index is 13.7. The van der Waals surface area contributed by atoms with Crippen LogP contribution in [0.2, 0.25) is 0 Å². The highest BCUT2D eigenvalue weighted by molar-refractivity contribution is 6.04. The second-order valence-electron chi connectivity index (χ2n) is 14.7. The number of alkyl carbamates (subject to hydrolysis) is 1. The number of carbonyl (C=O) groups excluding carboxylic acids is 3. The highest BCUT2D eigenvalue weighted by Crippen LogP contribution is 2.34. The second kappa shape index (κ2) is 16.2. The fraction of sp³-hybridized carbons (Fsp3) is 0.500. The molecule has 0 unspecified atom stereocenters. The van der Waals surface area contributed by atoms with E-state index in [1.807, 2.05) is 42.8 Å². The summed E-state index contributed by atoms with van der Waals surface area (Å²) >= 11 is 0. The number of hydrogen-bond acceptors (Lipinski definition) is 6. The molecule has 0 spiro atoms. The van der Waals surface area contributed by atoms with Gasteiger partial charge in [0.1, 0.15) is 17.6 Å². The number of likely N-dealkylation sites (tertiary alicyclic amines) is 2. The predicted octanol–water partition coefficient (Wildman–Crippen LogP) is 7.26. The molecule has 10 heteroatoms. The highest BCUT2D eigenvalue weighted by Gasteiger charge is 2.39. The summed E-state index contributed by atoms with van der Waals surface area (Å²) in [7, 11) is 1.31. The molecule has 6 atom stereocenters. The number of aromatic nitrogens is 2. The van der Waals surface area contributed by atoms with Crippen LogP contribution in [0, 0.1) is 29.6 Å². The van der Waals surface area contributed by atoms with Crippen molar-refractivity contribution in [3.05, 3.63) is 71.4 Å². The number of aromatic amines is 1. The lowest BCUT2D eigenvalue weighted by Gasteiger charge is -2.31. The average Bonchev–Trinajstić information content (AvgIpc) is 4.01. The summed E-state index contributed by atoms with van der Waals surface area (Å²) in [5.41, 5.74) is 4.86. The zero-order chi connectivity index (χ0) is 36.9. The zero-order valence-electron chi connectivity index (χ0n) is 31.4.